The van der Waals surface area contributed by atoms with Gasteiger partial charge in [-0.2, -0.15) is 0 Å². The molecule has 0 spiro atoms. The normalized spacial score (nSPS) is 18.4. The number of anilines is 1. The van der Waals surface area contributed by atoms with Crippen molar-refractivity contribution in [1.29, 1.82) is 0 Å². The Bertz CT molecular complexity index is 468. The average Bonchev–Trinajstić information content (AvgIpc) is 2.70. The molecular weight excluding hydrogens is 316 g/mol. The lowest BCUT2D eigenvalue weighted by Crippen LogP contribution is -2.42. The van der Waals surface area contributed by atoms with Crippen LogP contribution in [0.5, 0.6) is 0 Å². The Balaban J connectivity index is 1.99. The van der Waals surface area contributed by atoms with Crippen molar-refractivity contribution >= 4 is 27.5 Å². The molecule has 2 rings (SSSR count). The molecule has 1 N–H and O–H groups in total. The van der Waals surface area contributed by atoms with Crippen molar-refractivity contribution in [2.24, 2.45) is 0 Å². The standard InChI is InChI=1S/C16H23BrN2O/c1-12-7-8-15(14(17)11-12)18-16(20)13(2)19-9-5-3-4-6-10-19/h7-8,11,13H,3-6,9-10H2,1-2H3,(H,18,20)/t13-/m0/s1. The second kappa shape index (κ2) is 7.23. The van der Waals surface area contributed by atoms with Crippen LogP contribution in [0.3, 0.4) is 0 Å². The van der Waals surface area contributed by atoms with Gasteiger partial charge in [0.05, 0.1) is 11.7 Å². The van der Waals surface area contributed by atoms with E-state index in [0.717, 1.165) is 23.2 Å². The maximum Gasteiger partial charge on any atom is 0.241 e. The zero-order valence-corrected chi connectivity index (χ0v) is 13.9. The number of likely N-dealkylation sites (tertiary alicyclic amines) is 1. The Hall–Kier alpha value is -0.870. The maximum atomic E-state index is 12.4. The lowest BCUT2D eigenvalue weighted by atomic mass is 10.2. The third-order valence-electron chi connectivity index (χ3n) is 3.95. The number of carbonyl (C=O) groups excluding carboxylic acids is 1. The minimum absolute atomic E-state index is 0.0682. The summed E-state index contributed by atoms with van der Waals surface area (Å²) in [7, 11) is 0. The van der Waals surface area contributed by atoms with Gasteiger partial charge in [-0.25, -0.2) is 0 Å². The number of amides is 1. The highest BCUT2D eigenvalue weighted by Crippen LogP contribution is 2.24. The summed E-state index contributed by atoms with van der Waals surface area (Å²) in [6, 6.07) is 5.91. The van der Waals surface area contributed by atoms with Crippen molar-refractivity contribution in [1.82, 2.24) is 4.90 Å². The van der Waals surface area contributed by atoms with Crippen molar-refractivity contribution in [2.45, 2.75) is 45.6 Å². The van der Waals surface area contributed by atoms with Crippen LogP contribution in [-0.2, 0) is 4.79 Å². The molecule has 1 aliphatic rings. The molecule has 0 unspecified atom stereocenters. The SMILES string of the molecule is Cc1ccc(NC(=O)[C@H](C)N2CCCCCC2)c(Br)c1. The first kappa shape index (κ1) is 15.5. The molecule has 1 amide bonds. The predicted octanol–water partition coefficient (Wildman–Crippen LogP) is 3.96. The monoisotopic (exact) mass is 338 g/mol. The van der Waals surface area contributed by atoms with E-state index in [9.17, 15) is 4.79 Å². The molecule has 0 saturated carbocycles. The number of hydrogen-bond donors (Lipinski definition) is 1. The van der Waals surface area contributed by atoms with E-state index in [1.165, 1.54) is 31.2 Å². The smallest absolute Gasteiger partial charge is 0.241 e. The maximum absolute atomic E-state index is 12.4. The predicted molar refractivity (Wildman–Crippen MR) is 87.0 cm³/mol. The molecule has 0 bridgehead atoms. The van der Waals surface area contributed by atoms with E-state index < -0.39 is 0 Å². The minimum Gasteiger partial charge on any atom is -0.324 e. The lowest BCUT2D eigenvalue weighted by Gasteiger charge is -2.26. The minimum atomic E-state index is -0.0682. The van der Waals surface area contributed by atoms with E-state index in [1.807, 2.05) is 32.0 Å². The first-order chi connectivity index (χ1) is 9.58. The highest BCUT2D eigenvalue weighted by Gasteiger charge is 2.22. The van der Waals surface area contributed by atoms with Gasteiger partial charge in [0.1, 0.15) is 0 Å². The number of carbonyl (C=O) groups is 1. The summed E-state index contributed by atoms with van der Waals surface area (Å²) in [5.41, 5.74) is 2.03. The van der Waals surface area contributed by atoms with Gasteiger partial charge in [0, 0.05) is 4.47 Å². The largest absolute Gasteiger partial charge is 0.324 e. The van der Waals surface area contributed by atoms with E-state index in [1.54, 1.807) is 0 Å². The Morgan fingerprint density at radius 3 is 2.50 bits per heavy atom. The van der Waals surface area contributed by atoms with Gasteiger partial charge in [0.2, 0.25) is 5.91 Å². The first-order valence-corrected chi connectivity index (χ1v) is 8.18. The van der Waals surface area contributed by atoms with E-state index in [-0.39, 0.29) is 11.9 Å². The zero-order chi connectivity index (χ0) is 14.5. The second-order valence-electron chi connectivity index (χ2n) is 5.60. The fraction of sp³-hybridized carbons (Fsp3) is 0.562. The fourth-order valence-corrected chi connectivity index (χ4v) is 3.20. The number of halogens is 1. The number of nitrogens with one attached hydrogen (secondary N) is 1. The van der Waals surface area contributed by atoms with Gasteiger partial charge in [-0.05, 0) is 73.4 Å². The van der Waals surface area contributed by atoms with E-state index in [4.69, 9.17) is 0 Å². The summed E-state index contributed by atoms with van der Waals surface area (Å²) in [6.07, 6.45) is 4.97. The number of benzene rings is 1. The fourth-order valence-electron chi connectivity index (χ4n) is 2.61. The lowest BCUT2D eigenvalue weighted by molar-refractivity contribution is -0.120. The second-order valence-corrected chi connectivity index (χ2v) is 6.45. The van der Waals surface area contributed by atoms with Crippen molar-refractivity contribution in [3.8, 4) is 0 Å². The van der Waals surface area contributed by atoms with Gasteiger partial charge in [0.15, 0.2) is 0 Å². The van der Waals surface area contributed by atoms with E-state index in [0.29, 0.717) is 0 Å². The zero-order valence-electron chi connectivity index (χ0n) is 12.3. The molecule has 1 saturated heterocycles. The molecule has 1 atom stereocenters. The molecule has 20 heavy (non-hydrogen) atoms. The molecule has 3 nitrogen and oxygen atoms in total. The van der Waals surface area contributed by atoms with Crippen molar-refractivity contribution in [3.63, 3.8) is 0 Å². The number of rotatable bonds is 3. The summed E-state index contributed by atoms with van der Waals surface area (Å²) in [5, 5.41) is 3.03. The Labute approximate surface area is 129 Å². The van der Waals surface area contributed by atoms with Gasteiger partial charge in [-0.3, -0.25) is 9.69 Å². The van der Waals surface area contributed by atoms with Crippen LogP contribution < -0.4 is 5.32 Å². The van der Waals surface area contributed by atoms with Gasteiger partial charge in [0.25, 0.3) is 0 Å². The van der Waals surface area contributed by atoms with Crippen LogP contribution in [-0.4, -0.2) is 29.9 Å². The Kier molecular flexibility index (Phi) is 5.61. The van der Waals surface area contributed by atoms with Gasteiger partial charge >= 0.3 is 0 Å². The summed E-state index contributed by atoms with van der Waals surface area (Å²) >= 11 is 3.50. The quantitative estimate of drug-likeness (QED) is 0.904. The molecule has 1 heterocycles. The summed E-state index contributed by atoms with van der Waals surface area (Å²) in [4.78, 5) is 14.7. The molecule has 110 valence electrons. The molecular formula is C16H23BrN2O. The van der Waals surface area contributed by atoms with E-state index >= 15 is 0 Å². The number of hydrogen-bond acceptors (Lipinski definition) is 2. The molecule has 1 aromatic rings. The van der Waals surface area contributed by atoms with Crippen LogP contribution in [0.4, 0.5) is 5.69 Å². The van der Waals surface area contributed by atoms with Gasteiger partial charge in [-0.15, -0.1) is 0 Å². The van der Waals surface area contributed by atoms with Crippen molar-refractivity contribution in [2.75, 3.05) is 18.4 Å². The molecule has 0 aromatic heterocycles. The van der Waals surface area contributed by atoms with Gasteiger partial charge < -0.3 is 5.32 Å². The summed E-state index contributed by atoms with van der Waals surface area (Å²) in [5.74, 6) is 0.0800. The molecule has 1 aromatic carbocycles. The highest BCUT2D eigenvalue weighted by molar-refractivity contribution is 9.10. The topological polar surface area (TPSA) is 32.3 Å². The highest BCUT2D eigenvalue weighted by atomic mass is 79.9. The van der Waals surface area contributed by atoms with Crippen LogP contribution >= 0.6 is 15.9 Å². The van der Waals surface area contributed by atoms with Crippen LogP contribution in [0.1, 0.15) is 38.2 Å². The molecule has 1 aliphatic heterocycles. The molecule has 0 aliphatic carbocycles. The van der Waals surface area contributed by atoms with Crippen LogP contribution in [0.15, 0.2) is 22.7 Å². The van der Waals surface area contributed by atoms with Crippen LogP contribution in [0.25, 0.3) is 0 Å². The van der Waals surface area contributed by atoms with Gasteiger partial charge in [-0.1, -0.05) is 18.9 Å². The van der Waals surface area contributed by atoms with Crippen molar-refractivity contribution in [3.05, 3.63) is 28.2 Å². The molecule has 4 heteroatoms. The Morgan fingerprint density at radius 1 is 1.25 bits per heavy atom. The number of aryl methyl sites for hydroxylation is 1. The average molecular weight is 339 g/mol. The molecule has 0 radical (unpaired) electrons. The third kappa shape index (κ3) is 4.06. The van der Waals surface area contributed by atoms with E-state index in [2.05, 4.69) is 26.1 Å². The van der Waals surface area contributed by atoms with Crippen molar-refractivity contribution < 1.29 is 4.79 Å². The third-order valence-corrected chi connectivity index (χ3v) is 4.61. The molecule has 1 fully saturated rings. The summed E-state index contributed by atoms with van der Waals surface area (Å²) in [6.45, 7) is 6.10. The van der Waals surface area contributed by atoms with Crippen LogP contribution in [0.2, 0.25) is 0 Å². The summed E-state index contributed by atoms with van der Waals surface area (Å²) < 4.78 is 0.939. The number of nitrogens with zero attached hydrogens (tertiary/aromatic N) is 1. The Morgan fingerprint density at radius 2 is 1.90 bits per heavy atom. The first-order valence-electron chi connectivity index (χ1n) is 7.39. The van der Waals surface area contributed by atoms with Crippen LogP contribution in [0, 0.1) is 6.92 Å².